The Morgan fingerprint density at radius 1 is 1.25 bits per heavy atom. The van der Waals surface area contributed by atoms with Crippen molar-refractivity contribution in [2.45, 2.75) is 13.3 Å². The van der Waals surface area contributed by atoms with E-state index >= 15 is 0 Å². The number of thioether (sulfide) groups is 1. The first-order valence-electron chi connectivity index (χ1n) is 4.70. The SMILES string of the molecule is CCSCCNCCCN(C)C. The molecule has 0 aromatic heterocycles. The Morgan fingerprint density at radius 3 is 2.58 bits per heavy atom. The second-order valence-electron chi connectivity index (χ2n) is 3.10. The van der Waals surface area contributed by atoms with Gasteiger partial charge >= 0.3 is 0 Å². The molecule has 0 bridgehead atoms. The molecule has 0 aromatic carbocycles. The summed E-state index contributed by atoms with van der Waals surface area (Å²) in [6.07, 6.45) is 1.25. The van der Waals surface area contributed by atoms with Crippen LogP contribution in [0.5, 0.6) is 0 Å². The van der Waals surface area contributed by atoms with Crippen molar-refractivity contribution in [2.75, 3.05) is 45.2 Å². The van der Waals surface area contributed by atoms with Crippen LogP contribution in [0, 0.1) is 0 Å². The summed E-state index contributed by atoms with van der Waals surface area (Å²) < 4.78 is 0. The van der Waals surface area contributed by atoms with Gasteiger partial charge in [0.05, 0.1) is 0 Å². The Bertz CT molecular complexity index is 86.6. The quantitative estimate of drug-likeness (QED) is 0.581. The summed E-state index contributed by atoms with van der Waals surface area (Å²) in [6, 6.07) is 0. The highest BCUT2D eigenvalue weighted by Gasteiger charge is 1.90. The molecule has 0 radical (unpaired) electrons. The molecule has 0 aromatic rings. The van der Waals surface area contributed by atoms with Gasteiger partial charge in [0.25, 0.3) is 0 Å². The molecule has 1 N–H and O–H groups in total. The van der Waals surface area contributed by atoms with Gasteiger partial charge in [-0.25, -0.2) is 0 Å². The van der Waals surface area contributed by atoms with E-state index in [2.05, 4.69) is 31.2 Å². The van der Waals surface area contributed by atoms with Gasteiger partial charge in [-0.15, -0.1) is 0 Å². The van der Waals surface area contributed by atoms with Gasteiger partial charge < -0.3 is 10.2 Å². The predicted octanol–water partition coefficient (Wildman–Crippen LogP) is 1.28. The van der Waals surface area contributed by atoms with Gasteiger partial charge in [-0.1, -0.05) is 6.92 Å². The first kappa shape index (κ1) is 12.3. The molecule has 0 saturated heterocycles. The van der Waals surface area contributed by atoms with Crippen LogP contribution < -0.4 is 5.32 Å². The molecule has 0 aliphatic heterocycles. The molecule has 0 unspecified atom stereocenters. The lowest BCUT2D eigenvalue weighted by Gasteiger charge is -2.09. The average molecular weight is 190 g/mol. The minimum atomic E-state index is 1.16. The fourth-order valence-corrected chi connectivity index (χ4v) is 1.51. The summed E-state index contributed by atoms with van der Waals surface area (Å²) in [7, 11) is 4.24. The highest BCUT2D eigenvalue weighted by molar-refractivity contribution is 7.99. The van der Waals surface area contributed by atoms with E-state index in [1.807, 2.05) is 11.8 Å². The summed E-state index contributed by atoms with van der Waals surface area (Å²) in [6.45, 7) is 5.71. The Hall–Kier alpha value is 0.270. The molecular weight excluding hydrogens is 168 g/mol. The first-order chi connectivity index (χ1) is 5.77. The van der Waals surface area contributed by atoms with Crippen LogP contribution in [0.25, 0.3) is 0 Å². The predicted molar refractivity (Wildman–Crippen MR) is 59.0 cm³/mol. The van der Waals surface area contributed by atoms with E-state index in [9.17, 15) is 0 Å². The summed E-state index contributed by atoms with van der Waals surface area (Å²) >= 11 is 2.00. The fourth-order valence-electron chi connectivity index (χ4n) is 0.934. The lowest BCUT2D eigenvalue weighted by Crippen LogP contribution is -2.23. The van der Waals surface area contributed by atoms with Crippen LogP contribution in [-0.4, -0.2) is 50.1 Å². The van der Waals surface area contributed by atoms with Crippen molar-refractivity contribution >= 4 is 11.8 Å². The van der Waals surface area contributed by atoms with Crippen LogP contribution in [0.1, 0.15) is 13.3 Å². The summed E-state index contributed by atoms with van der Waals surface area (Å²) in [5.41, 5.74) is 0. The number of rotatable bonds is 8. The van der Waals surface area contributed by atoms with Crippen molar-refractivity contribution in [1.82, 2.24) is 10.2 Å². The Kier molecular flexibility index (Phi) is 9.57. The van der Waals surface area contributed by atoms with E-state index in [0.29, 0.717) is 0 Å². The third-order valence-electron chi connectivity index (χ3n) is 1.59. The van der Waals surface area contributed by atoms with Gasteiger partial charge in [0, 0.05) is 12.3 Å². The van der Waals surface area contributed by atoms with Crippen molar-refractivity contribution in [1.29, 1.82) is 0 Å². The molecule has 0 fully saturated rings. The van der Waals surface area contributed by atoms with Gasteiger partial charge in [-0.2, -0.15) is 11.8 Å². The Morgan fingerprint density at radius 2 is 2.00 bits per heavy atom. The zero-order chi connectivity index (χ0) is 9.23. The van der Waals surface area contributed by atoms with Crippen molar-refractivity contribution in [3.05, 3.63) is 0 Å². The molecule has 0 amide bonds. The molecule has 2 nitrogen and oxygen atoms in total. The van der Waals surface area contributed by atoms with E-state index in [1.165, 1.54) is 24.5 Å². The van der Waals surface area contributed by atoms with Crippen molar-refractivity contribution < 1.29 is 0 Å². The third-order valence-corrected chi connectivity index (χ3v) is 2.49. The van der Waals surface area contributed by atoms with Crippen molar-refractivity contribution in [3.63, 3.8) is 0 Å². The van der Waals surface area contributed by atoms with Crippen LogP contribution in [0.4, 0.5) is 0 Å². The Labute approximate surface area is 81.1 Å². The van der Waals surface area contributed by atoms with E-state index in [0.717, 1.165) is 13.1 Å². The highest BCUT2D eigenvalue weighted by atomic mass is 32.2. The second kappa shape index (κ2) is 9.36. The molecule has 0 atom stereocenters. The van der Waals surface area contributed by atoms with Crippen LogP contribution in [0.15, 0.2) is 0 Å². The van der Waals surface area contributed by atoms with E-state index in [4.69, 9.17) is 0 Å². The van der Waals surface area contributed by atoms with E-state index in [-0.39, 0.29) is 0 Å². The van der Waals surface area contributed by atoms with Gasteiger partial charge in [-0.05, 0) is 39.4 Å². The molecule has 0 rings (SSSR count). The van der Waals surface area contributed by atoms with Gasteiger partial charge in [0.15, 0.2) is 0 Å². The van der Waals surface area contributed by atoms with Gasteiger partial charge in [-0.3, -0.25) is 0 Å². The molecule has 0 saturated carbocycles. The van der Waals surface area contributed by atoms with Crippen molar-refractivity contribution in [2.24, 2.45) is 0 Å². The highest BCUT2D eigenvalue weighted by Crippen LogP contribution is 1.94. The summed E-state index contributed by atoms with van der Waals surface area (Å²) in [5.74, 6) is 2.48. The van der Waals surface area contributed by atoms with Crippen LogP contribution >= 0.6 is 11.8 Å². The number of nitrogens with zero attached hydrogens (tertiary/aromatic N) is 1. The number of hydrogen-bond donors (Lipinski definition) is 1. The second-order valence-corrected chi connectivity index (χ2v) is 4.50. The van der Waals surface area contributed by atoms with E-state index in [1.54, 1.807) is 0 Å². The normalized spacial score (nSPS) is 11.0. The zero-order valence-electron chi connectivity index (χ0n) is 8.60. The molecule has 12 heavy (non-hydrogen) atoms. The monoisotopic (exact) mass is 190 g/mol. The standard InChI is InChI=1S/C9H22N2S/c1-4-12-9-7-10-6-5-8-11(2)3/h10H,4-9H2,1-3H3. The maximum Gasteiger partial charge on any atom is 0.00579 e. The fraction of sp³-hybridized carbons (Fsp3) is 1.00. The topological polar surface area (TPSA) is 15.3 Å². The van der Waals surface area contributed by atoms with Crippen molar-refractivity contribution in [3.8, 4) is 0 Å². The first-order valence-corrected chi connectivity index (χ1v) is 5.86. The molecule has 0 heterocycles. The summed E-state index contributed by atoms with van der Waals surface area (Å²) in [5, 5.41) is 3.43. The third kappa shape index (κ3) is 10.3. The van der Waals surface area contributed by atoms with Crippen LogP contribution in [0.2, 0.25) is 0 Å². The maximum absolute atomic E-state index is 3.43. The smallest absolute Gasteiger partial charge is 0.00579 e. The minimum absolute atomic E-state index is 1.16. The molecular formula is C9H22N2S. The largest absolute Gasteiger partial charge is 0.316 e. The maximum atomic E-state index is 3.43. The molecule has 3 heteroatoms. The van der Waals surface area contributed by atoms with Crippen LogP contribution in [-0.2, 0) is 0 Å². The molecule has 0 spiro atoms. The molecule has 74 valence electrons. The lowest BCUT2D eigenvalue weighted by atomic mass is 10.4. The summed E-state index contributed by atoms with van der Waals surface area (Å²) in [4.78, 5) is 2.22. The zero-order valence-corrected chi connectivity index (χ0v) is 9.41. The van der Waals surface area contributed by atoms with Crippen LogP contribution in [0.3, 0.4) is 0 Å². The lowest BCUT2D eigenvalue weighted by molar-refractivity contribution is 0.396. The Balaban J connectivity index is 2.82. The molecule has 0 aliphatic carbocycles. The number of nitrogens with one attached hydrogen (secondary N) is 1. The molecule has 0 aliphatic rings. The number of hydrogen-bond acceptors (Lipinski definition) is 3. The van der Waals surface area contributed by atoms with Gasteiger partial charge in [0.1, 0.15) is 0 Å². The van der Waals surface area contributed by atoms with E-state index < -0.39 is 0 Å². The van der Waals surface area contributed by atoms with Gasteiger partial charge in [0.2, 0.25) is 0 Å². The minimum Gasteiger partial charge on any atom is -0.316 e. The average Bonchev–Trinajstić information content (AvgIpc) is 2.02.